The van der Waals surface area contributed by atoms with Gasteiger partial charge in [-0.05, 0) is 42.5 Å². The van der Waals surface area contributed by atoms with Crippen molar-refractivity contribution in [3.8, 4) is 0 Å². The molecule has 0 bridgehead atoms. The van der Waals surface area contributed by atoms with Crippen molar-refractivity contribution in [2.75, 3.05) is 13.1 Å². The summed E-state index contributed by atoms with van der Waals surface area (Å²) < 4.78 is 0. The Morgan fingerprint density at radius 1 is 1.53 bits per heavy atom. The van der Waals surface area contributed by atoms with Crippen LogP contribution in [0.2, 0.25) is 0 Å². The highest BCUT2D eigenvalue weighted by molar-refractivity contribution is 5.70. The van der Waals surface area contributed by atoms with E-state index in [4.69, 9.17) is 5.11 Å². The molecular weight excluding hydrogens is 214 g/mol. The second kappa shape index (κ2) is 5.32. The number of hydrogen-bond donors (Lipinski definition) is 2. The average Bonchev–Trinajstić information content (AvgIpc) is 2.29. The van der Waals surface area contributed by atoms with E-state index in [0.29, 0.717) is 11.8 Å². The van der Waals surface area contributed by atoms with E-state index >= 15 is 0 Å². The first-order valence-corrected chi connectivity index (χ1v) is 6.18. The molecule has 1 aliphatic heterocycles. The first-order chi connectivity index (χ1) is 8.16. The Bertz CT molecular complexity index is 403. The molecule has 0 spiro atoms. The smallest absolute Gasteiger partial charge is 0.307 e. The summed E-state index contributed by atoms with van der Waals surface area (Å²) in [6, 6.07) is 8.05. The molecule has 3 nitrogen and oxygen atoms in total. The lowest BCUT2D eigenvalue weighted by molar-refractivity contribution is -0.136. The van der Waals surface area contributed by atoms with Crippen molar-refractivity contribution < 1.29 is 9.90 Å². The third kappa shape index (κ3) is 3.07. The molecule has 2 rings (SSSR count). The van der Waals surface area contributed by atoms with Crippen molar-refractivity contribution in [1.82, 2.24) is 5.32 Å². The molecule has 2 N–H and O–H groups in total. The third-order valence-electron chi connectivity index (χ3n) is 3.52. The normalized spacial score (nSPS) is 24.5. The fourth-order valence-electron chi connectivity index (χ4n) is 2.62. The summed E-state index contributed by atoms with van der Waals surface area (Å²) in [5.41, 5.74) is 2.19. The average molecular weight is 233 g/mol. The number of nitrogens with one attached hydrogen (secondary N) is 1. The van der Waals surface area contributed by atoms with Crippen LogP contribution in [-0.4, -0.2) is 24.2 Å². The van der Waals surface area contributed by atoms with Gasteiger partial charge in [-0.3, -0.25) is 4.79 Å². The molecule has 0 saturated carbocycles. The lowest BCUT2D eigenvalue weighted by Crippen LogP contribution is -2.33. The topological polar surface area (TPSA) is 49.3 Å². The van der Waals surface area contributed by atoms with Gasteiger partial charge in [-0.15, -0.1) is 0 Å². The summed E-state index contributed by atoms with van der Waals surface area (Å²) in [4.78, 5) is 10.7. The van der Waals surface area contributed by atoms with Gasteiger partial charge in [-0.1, -0.05) is 31.2 Å². The molecule has 0 aromatic heterocycles. The minimum absolute atomic E-state index is 0.118. The summed E-state index contributed by atoms with van der Waals surface area (Å²) in [5.74, 6) is 0.411. The monoisotopic (exact) mass is 233 g/mol. The Morgan fingerprint density at radius 3 is 3.06 bits per heavy atom. The zero-order chi connectivity index (χ0) is 12.3. The van der Waals surface area contributed by atoms with E-state index in [9.17, 15) is 4.79 Å². The summed E-state index contributed by atoms with van der Waals surface area (Å²) in [6.07, 6.45) is 1.25. The number of carbonyl (C=O) groups is 1. The predicted molar refractivity (Wildman–Crippen MR) is 67.2 cm³/mol. The molecule has 1 heterocycles. The molecule has 1 aromatic rings. The van der Waals surface area contributed by atoms with E-state index in [0.717, 1.165) is 25.1 Å². The number of aliphatic carboxylic acids is 1. The van der Waals surface area contributed by atoms with Crippen LogP contribution < -0.4 is 5.32 Å². The van der Waals surface area contributed by atoms with Crippen molar-refractivity contribution in [2.45, 2.75) is 25.7 Å². The van der Waals surface area contributed by atoms with E-state index < -0.39 is 5.97 Å². The summed E-state index contributed by atoms with van der Waals surface area (Å²) in [7, 11) is 0. The number of carboxylic acids is 1. The number of piperidine rings is 1. The molecule has 1 fully saturated rings. The van der Waals surface area contributed by atoms with Gasteiger partial charge < -0.3 is 10.4 Å². The highest BCUT2D eigenvalue weighted by Gasteiger charge is 2.22. The molecule has 1 aromatic carbocycles. The molecule has 0 radical (unpaired) electrons. The molecule has 1 saturated heterocycles. The lowest BCUT2D eigenvalue weighted by Gasteiger charge is -2.30. The molecule has 17 heavy (non-hydrogen) atoms. The standard InChI is InChI=1S/C14H19NO2/c1-10-9-15-6-5-13(10)12-4-2-3-11(7-12)8-14(16)17/h2-4,7,10,13,15H,5-6,8-9H2,1H3,(H,16,17)/t10-,13+/m0/s1. The Balaban J connectivity index is 2.17. The van der Waals surface area contributed by atoms with Crippen LogP contribution in [0.25, 0.3) is 0 Å². The summed E-state index contributed by atoms with van der Waals surface area (Å²) in [6.45, 7) is 4.35. The van der Waals surface area contributed by atoms with Crippen LogP contribution in [0.3, 0.4) is 0 Å². The molecule has 1 aliphatic rings. The number of hydrogen-bond acceptors (Lipinski definition) is 2. The van der Waals surface area contributed by atoms with Gasteiger partial charge in [0, 0.05) is 0 Å². The van der Waals surface area contributed by atoms with Crippen LogP contribution in [0.4, 0.5) is 0 Å². The Labute approximate surface area is 102 Å². The van der Waals surface area contributed by atoms with Gasteiger partial charge in [0.05, 0.1) is 6.42 Å². The van der Waals surface area contributed by atoms with Gasteiger partial charge in [-0.25, -0.2) is 0 Å². The maximum absolute atomic E-state index is 10.7. The van der Waals surface area contributed by atoms with Gasteiger partial charge in [0.2, 0.25) is 0 Å². The van der Waals surface area contributed by atoms with E-state index in [1.165, 1.54) is 5.56 Å². The van der Waals surface area contributed by atoms with E-state index in [1.807, 2.05) is 12.1 Å². The molecule has 3 heteroatoms. The number of benzene rings is 1. The zero-order valence-electron chi connectivity index (χ0n) is 10.1. The Hall–Kier alpha value is -1.35. The van der Waals surface area contributed by atoms with E-state index in [1.54, 1.807) is 0 Å². The van der Waals surface area contributed by atoms with E-state index in [-0.39, 0.29) is 6.42 Å². The van der Waals surface area contributed by atoms with Gasteiger partial charge in [-0.2, -0.15) is 0 Å². The quantitative estimate of drug-likeness (QED) is 0.839. The maximum atomic E-state index is 10.7. The molecule has 0 amide bonds. The molecule has 2 atom stereocenters. The third-order valence-corrected chi connectivity index (χ3v) is 3.52. The maximum Gasteiger partial charge on any atom is 0.307 e. The van der Waals surface area contributed by atoms with Crippen LogP contribution in [0.1, 0.15) is 30.4 Å². The highest BCUT2D eigenvalue weighted by atomic mass is 16.4. The largest absolute Gasteiger partial charge is 0.481 e. The zero-order valence-corrected chi connectivity index (χ0v) is 10.1. The van der Waals surface area contributed by atoms with Crippen molar-refractivity contribution in [3.05, 3.63) is 35.4 Å². The Kier molecular flexibility index (Phi) is 3.79. The summed E-state index contributed by atoms with van der Waals surface area (Å²) >= 11 is 0. The highest BCUT2D eigenvalue weighted by Crippen LogP contribution is 2.30. The molecule has 92 valence electrons. The fourth-order valence-corrected chi connectivity index (χ4v) is 2.62. The predicted octanol–water partition coefficient (Wildman–Crippen LogP) is 2.03. The van der Waals surface area contributed by atoms with Crippen molar-refractivity contribution in [3.63, 3.8) is 0 Å². The SMILES string of the molecule is C[C@H]1CNCC[C@H]1c1cccc(CC(=O)O)c1. The fraction of sp³-hybridized carbons (Fsp3) is 0.500. The second-order valence-corrected chi connectivity index (χ2v) is 4.89. The Morgan fingerprint density at radius 2 is 2.35 bits per heavy atom. The van der Waals surface area contributed by atoms with Crippen LogP contribution in [0.5, 0.6) is 0 Å². The van der Waals surface area contributed by atoms with Gasteiger partial charge >= 0.3 is 5.97 Å². The van der Waals surface area contributed by atoms with Crippen LogP contribution in [-0.2, 0) is 11.2 Å². The van der Waals surface area contributed by atoms with Crippen LogP contribution in [0, 0.1) is 5.92 Å². The van der Waals surface area contributed by atoms with Crippen LogP contribution in [0.15, 0.2) is 24.3 Å². The molecule has 0 unspecified atom stereocenters. The number of rotatable bonds is 3. The van der Waals surface area contributed by atoms with Gasteiger partial charge in [0.1, 0.15) is 0 Å². The van der Waals surface area contributed by atoms with Crippen molar-refractivity contribution in [2.24, 2.45) is 5.92 Å². The minimum atomic E-state index is -0.763. The summed E-state index contributed by atoms with van der Waals surface area (Å²) in [5, 5.41) is 12.2. The van der Waals surface area contributed by atoms with Crippen molar-refractivity contribution in [1.29, 1.82) is 0 Å². The van der Waals surface area contributed by atoms with Gasteiger partial charge in [0.25, 0.3) is 0 Å². The minimum Gasteiger partial charge on any atom is -0.481 e. The first kappa shape index (κ1) is 12.1. The lowest BCUT2D eigenvalue weighted by atomic mass is 9.82. The van der Waals surface area contributed by atoms with Gasteiger partial charge in [0.15, 0.2) is 0 Å². The van der Waals surface area contributed by atoms with Crippen molar-refractivity contribution >= 4 is 5.97 Å². The second-order valence-electron chi connectivity index (χ2n) is 4.89. The van der Waals surface area contributed by atoms with Crippen LogP contribution >= 0.6 is 0 Å². The molecular formula is C14H19NO2. The molecule has 0 aliphatic carbocycles. The van der Waals surface area contributed by atoms with E-state index in [2.05, 4.69) is 24.4 Å². The first-order valence-electron chi connectivity index (χ1n) is 6.18. The number of carboxylic acid groups (broad SMARTS) is 1.